The van der Waals surface area contributed by atoms with E-state index < -0.39 is 10.0 Å². The van der Waals surface area contributed by atoms with E-state index in [0.717, 1.165) is 16.9 Å². The van der Waals surface area contributed by atoms with E-state index in [0.29, 0.717) is 18.0 Å². The Bertz CT molecular complexity index is 652. The Morgan fingerprint density at radius 1 is 1.42 bits per heavy atom. The van der Waals surface area contributed by atoms with E-state index in [1.54, 1.807) is 23.6 Å². The number of hydrogen-bond donors (Lipinski definition) is 1. The van der Waals surface area contributed by atoms with Crippen molar-refractivity contribution in [2.24, 2.45) is 0 Å². The topological polar surface area (TPSA) is 68.3 Å². The van der Waals surface area contributed by atoms with Crippen molar-refractivity contribution in [1.29, 1.82) is 0 Å². The standard InChI is InChI=1S/C12H14N2O3S2/c1-3-17-11-6-4-5-10(9(11)2)14-19(15,16)12-13-7-8-18-12/h4-8,14H,3H2,1-2H3. The van der Waals surface area contributed by atoms with Crippen molar-refractivity contribution >= 4 is 27.0 Å². The Morgan fingerprint density at radius 2 is 2.21 bits per heavy atom. The molecule has 0 amide bonds. The van der Waals surface area contributed by atoms with Crippen LogP contribution in [-0.2, 0) is 10.0 Å². The van der Waals surface area contributed by atoms with E-state index in [4.69, 9.17) is 4.74 Å². The number of thiazole rings is 1. The van der Waals surface area contributed by atoms with E-state index in [-0.39, 0.29) is 4.34 Å². The number of rotatable bonds is 5. The minimum atomic E-state index is -3.62. The molecule has 0 saturated carbocycles. The van der Waals surface area contributed by atoms with Crippen LogP contribution in [0.2, 0.25) is 0 Å². The molecule has 0 unspecified atom stereocenters. The van der Waals surface area contributed by atoms with Crippen LogP contribution in [0.1, 0.15) is 12.5 Å². The molecule has 1 aromatic carbocycles. The van der Waals surface area contributed by atoms with Crippen LogP contribution in [0.25, 0.3) is 0 Å². The summed E-state index contributed by atoms with van der Waals surface area (Å²) in [6.07, 6.45) is 1.46. The third-order valence-electron chi connectivity index (χ3n) is 2.47. The molecule has 1 N–H and O–H groups in total. The predicted molar refractivity (Wildman–Crippen MR) is 75.3 cm³/mol. The summed E-state index contributed by atoms with van der Waals surface area (Å²) in [6, 6.07) is 5.25. The van der Waals surface area contributed by atoms with Crippen molar-refractivity contribution in [2.45, 2.75) is 18.2 Å². The van der Waals surface area contributed by atoms with Crippen LogP contribution >= 0.6 is 11.3 Å². The summed E-state index contributed by atoms with van der Waals surface area (Å²) in [5, 5.41) is 1.62. The van der Waals surface area contributed by atoms with Gasteiger partial charge in [-0.3, -0.25) is 4.72 Å². The third kappa shape index (κ3) is 3.05. The molecule has 102 valence electrons. The van der Waals surface area contributed by atoms with Crippen LogP contribution in [0, 0.1) is 6.92 Å². The summed E-state index contributed by atoms with van der Waals surface area (Å²) < 4.78 is 32.2. The summed E-state index contributed by atoms with van der Waals surface area (Å²) >= 11 is 1.08. The van der Waals surface area contributed by atoms with Crippen molar-refractivity contribution in [3.8, 4) is 5.75 Å². The third-order valence-corrected chi connectivity index (χ3v) is 5.03. The number of nitrogens with one attached hydrogen (secondary N) is 1. The monoisotopic (exact) mass is 298 g/mol. The molecule has 1 heterocycles. The van der Waals surface area contributed by atoms with Crippen LogP contribution in [0.3, 0.4) is 0 Å². The first kappa shape index (κ1) is 13.8. The highest BCUT2D eigenvalue weighted by Gasteiger charge is 2.18. The Hall–Kier alpha value is -1.60. The van der Waals surface area contributed by atoms with Gasteiger partial charge in [-0.05, 0) is 26.0 Å². The van der Waals surface area contributed by atoms with Gasteiger partial charge in [0.05, 0.1) is 12.3 Å². The summed E-state index contributed by atoms with van der Waals surface area (Å²) in [4.78, 5) is 3.81. The van der Waals surface area contributed by atoms with Crippen LogP contribution in [-0.4, -0.2) is 20.0 Å². The second kappa shape index (κ2) is 5.58. The minimum absolute atomic E-state index is 0.0497. The smallest absolute Gasteiger partial charge is 0.289 e. The number of aromatic nitrogens is 1. The number of hydrogen-bond acceptors (Lipinski definition) is 5. The molecule has 0 radical (unpaired) electrons. The Kier molecular flexibility index (Phi) is 4.06. The Labute approximate surface area is 116 Å². The molecule has 0 fully saturated rings. The SMILES string of the molecule is CCOc1cccc(NS(=O)(=O)c2nccs2)c1C. The number of sulfonamides is 1. The fourth-order valence-corrected chi connectivity index (χ4v) is 3.52. The predicted octanol–water partition coefficient (Wildman–Crippen LogP) is 2.65. The minimum Gasteiger partial charge on any atom is -0.494 e. The zero-order valence-corrected chi connectivity index (χ0v) is 12.2. The number of benzene rings is 1. The number of anilines is 1. The fraction of sp³-hybridized carbons (Fsp3) is 0.250. The van der Waals surface area contributed by atoms with E-state index >= 15 is 0 Å². The first-order chi connectivity index (χ1) is 9.04. The van der Waals surface area contributed by atoms with Gasteiger partial charge in [-0.1, -0.05) is 6.07 Å². The van der Waals surface area contributed by atoms with Gasteiger partial charge in [-0.15, -0.1) is 11.3 Å². The normalized spacial score (nSPS) is 11.3. The quantitative estimate of drug-likeness (QED) is 0.921. The molecule has 0 saturated heterocycles. The number of nitrogens with zero attached hydrogens (tertiary/aromatic N) is 1. The summed E-state index contributed by atoms with van der Waals surface area (Å²) in [5.41, 5.74) is 1.26. The average molecular weight is 298 g/mol. The van der Waals surface area contributed by atoms with Gasteiger partial charge in [0.2, 0.25) is 4.34 Å². The zero-order chi connectivity index (χ0) is 13.9. The molecular formula is C12H14N2O3S2. The lowest BCUT2D eigenvalue weighted by molar-refractivity contribution is 0.338. The van der Waals surface area contributed by atoms with Crippen molar-refractivity contribution < 1.29 is 13.2 Å². The van der Waals surface area contributed by atoms with Gasteiger partial charge in [0.1, 0.15) is 5.75 Å². The average Bonchev–Trinajstić information content (AvgIpc) is 2.89. The van der Waals surface area contributed by atoms with Gasteiger partial charge in [-0.25, -0.2) is 4.98 Å². The van der Waals surface area contributed by atoms with Crippen LogP contribution in [0.5, 0.6) is 5.75 Å². The molecule has 0 bridgehead atoms. The van der Waals surface area contributed by atoms with E-state index in [2.05, 4.69) is 9.71 Å². The van der Waals surface area contributed by atoms with Crippen molar-refractivity contribution in [2.75, 3.05) is 11.3 Å². The van der Waals surface area contributed by atoms with Gasteiger partial charge >= 0.3 is 0 Å². The van der Waals surface area contributed by atoms with Gasteiger partial charge < -0.3 is 4.74 Å². The molecule has 0 aliphatic rings. The molecule has 0 aliphatic carbocycles. The van der Waals surface area contributed by atoms with Gasteiger partial charge in [0.15, 0.2) is 0 Å². The van der Waals surface area contributed by atoms with Gasteiger partial charge in [0.25, 0.3) is 10.0 Å². The second-order valence-corrected chi connectivity index (χ2v) is 6.52. The van der Waals surface area contributed by atoms with Crippen molar-refractivity contribution in [3.63, 3.8) is 0 Å². The van der Waals surface area contributed by atoms with Crippen molar-refractivity contribution in [3.05, 3.63) is 35.3 Å². The largest absolute Gasteiger partial charge is 0.494 e. The molecule has 0 spiro atoms. The lowest BCUT2D eigenvalue weighted by Crippen LogP contribution is -2.13. The van der Waals surface area contributed by atoms with Crippen LogP contribution in [0.15, 0.2) is 34.1 Å². The van der Waals surface area contributed by atoms with Gasteiger partial charge in [0, 0.05) is 17.1 Å². The van der Waals surface area contributed by atoms with E-state index in [1.807, 2.05) is 13.8 Å². The number of ether oxygens (including phenoxy) is 1. The Morgan fingerprint density at radius 3 is 2.84 bits per heavy atom. The highest BCUT2D eigenvalue weighted by Crippen LogP contribution is 2.27. The van der Waals surface area contributed by atoms with E-state index in [1.165, 1.54) is 6.20 Å². The fourth-order valence-electron chi connectivity index (χ4n) is 1.57. The summed E-state index contributed by atoms with van der Waals surface area (Å²) in [5.74, 6) is 0.668. The molecule has 1 aromatic heterocycles. The summed E-state index contributed by atoms with van der Waals surface area (Å²) in [6.45, 7) is 4.22. The molecule has 19 heavy (non-hydrogen) atoms. The van der Waals surface area contributed by atoms with Crippen molar-refractivity contribution in [1.82, 2.24) is 4.98 Å². The highest BCUT2D eigenvalue weighted by atomic mass is 32.2. The lowest BCUT2D eigenvalue weighted by atomic mass is 10.2. The maximum atomic E-state index is 12.1. The lowest BCUT2D eigenvalue weighted by Gasteiger charge is -2.12. The van der Waals surface area contributed by atoms with E-state index in [9.17, 15) is 8.42 Å². The molecular weight excluding hydrogens is 284 g/mol. The summed E-state index contributed by atoms with van der Waals surface area (Å²) in [7, 11) is -3.62. The molecule has 5 nitrogen and oxygen atoms in total. The molecule has 7 heteroatoms. The maximum absolute atomic E-state index is 12.1. The molecule has 0 aliphatic heterocycles. The molecule has 2 rings (SSSR count). The second-order valence-electron chi connectivity index (χ2n) is 3.77. The van der Waals surface area contributed by atoms with Crippen LogP contribution in [0.4, 0.5) is 5.69 Å². The maximum Gasteiger partial charge on any atom is 0.289 e. The molecule has 2 aromatic rings. The Balaban J connectivity index is 2.32. The van der Waals surface area contributed by atoms with Gasteiger partial charge in [-0.2, -0.15) is 8.42 Å². The first-order valence-electron chi connectivity index (χ1n) is 5.69. The van der Waals surface area contributed by atoms with Crippen LogP contribution < -0.4 is 9.46 Å². The highest BCUT2D eigenvalue weighted by molar-refractivity contribution is 7.94. The zero-order valence-electron chi connectivity index (χ0n) is 10.6. The first-order valence-corrected chi connectivity index (χ1v) is 8.05. The molecule has 0 atom stereocenters.